The highest BCUT2D eigenvalue weighted by molar-refractivity contribution is 9.10. The molecule has 5 heteroatoms. The molecule has 22 heavy (non-hydrogen) atoms. The minimum Gasteiger partial charge on any atom is -0.497 e. The van der Waals surface area contributed by atoms with Gasteiger partial charge in [0.15, 0.2) is 0 Å². The summed E-state index contributed by atoms with van der Waals surface area (Å²) in [7, 11) is 1.63. The number of methoxy groups -OCH3 is 1. The quantitative estimate of drug-likeness (QED) is 0.774. The van der Waals surface area contributed by atoms with Gasteiger partial charge in [-0.2, -0.15) is 0 Å². The fraction of sp³-hybridized carbons (Fsp3) is 0.0588. The molecule has 3 rings (SSSR count). The highest BCUT2D eigenvalue weighted by Gasteiger charge is 2.02. The standard InChI is InChI=1S/C17H13BrN2O2/c1-22-13-6-2-11(3-7-13)4-8-15-17(21)20-14-9-5-12(18)10-16(14)19-15/h2-10H,1H3,(H,20,21)/b8-4+. The zero-order valence-corrected chi connectivity index (χ0v) is 13.4. The summed E-state index contributed by atoms with van der Waals surface area (Å²) in [4.78, 5) is 19.3. The summed E-state index contributed by atoms with van der Waals surface area (Å²) in [5.74, 6) is 0.795. The summed E-state index contributed by atoms with van der Waals surface area (Å²) in [6.07, 6.45) is 3.56. The van der Waals surface area contributed by atoms with Gasteiger partial charge in [-0.05, 0) is 42.0 Å². The zero-order valence-electron chi connectivity index (χ0n) is 11.8. The molecule has 4 nitrogen and oxygen atoms in total. The molecule has 0 saturated heterocycles. The maximum atomic E-state index is 12.0. The van der Waals surface area contributed by atoms with Crippen molar-refractivity contribution < 1.29 is 4.74 Å². The van der Waals surface area contributed by atoms with Gasteiger partial charge in [-0.15, -0.1) is 0 Å². The third kappa shape index (κ3) is 3.09. The number of nitrogens with zero attached hydrogens (tertiary/aromatic N) is 1. The van der Waals surface area contributed by atoms with Crippen molar-refractivity contribution in [1.29, 1.82) is 0 Å². The molecule has 110 valence electrons. The number of rotatable bonds is 3. The molecular weight excluding hydrogens is 344 g/mol. The maximum absolute atomic E-state index is 12.0. The molecule has 3 aromatic rings. The molecule has 0 aliphatic heterocycles. The Morgan fingerprint density at radius 1 is 1.14 bits per heavy atom. The number of aromatic nitrogens is 2. The van der Waals surface area contributed by atoms with Crippen molar-refractivity contribution in [3.05, 3.63) is 68.5 Å². The van der Waals surface area contributed by atoms with Crippen molar-refractivity contribution >= 4 is 39.1 Å². The smallest absolute Gasteiger partial charge is 0.274 e. The first-order chi connectivity index (χ1) is 10.7. The van der Waals surface area contributed by atoms with E-state index in [-0.39, 0.29) is 5.56 Å². The summed E-state index contributed by atoms with van der Waals surface area (Å²) >= 11 is 3.40. The first kappa shape index (κ1) is 14.5. The maximum Gasteiger partial charge on any atom is 0.274 e. The lowest BCUT2D eigenvalue weighted by Crippen LogP contribution is -2.11. The molecule has 0 bridgehead atoms. The van der Waals surface area contributed by atoms with E-state index in [0.29, 0.717) is 5.69 Å². The number of nitrogens with one attached hydrogen (secondary N) is 1. The van der Waals surface area contributed by atoms with Gasteiger partial charge in [0.05, 0.1) is 18.1 Å². The van der Waals surface area contributed by atoms with Gasteiger partial charge in [0.25, 0.3) is 5.56 Å². The average molecular weight is 357 g/mol. The number of hydrogen-bond donors (Lipinski definition) is 1. The first-order valence-corrected chi connectivity index (χ1v) is 7.47. The lowest BCUT2D eigenvalue weighted by Gasteiger charge is -2.01. The van der Waals surface area contributed by atoms with Crippen LogP contribution in [0, 0.1) is 0 Å². The van der Waals surface area contributed by atoms with Crippen molar-refractivity contribution in [1.82, 2.24) is 9.97 Å². The van der Waals surface area contributed by atoms with E-state index in [4.69, 9.17) is 4.74 Å². The molecule has 0 radical (unpaired) electrons. The Balaban J connectivity index is 1.96. The molecule has 0 amide bonds. The molecule has 1 aromatic heterocycles. The molecule has 0 fully saturated rings. The normalized spacial score (nSPS) is 11.2. The SMILES string of the molecule is COc1ccc(/C=C/c2nc3cc(Br)ccc3[nH]c2=O)cc1. The zero-order chi connectivity index (χ0) is 15.5. The van der Waals surface area contributed by atoms with Gasteiger partial charge in [0.1, 0.15) is 11.4 Å². The van der Waals surface area contributed by atoms with Crippen molar-refractivity contribution in [3.63, 3.8) is 0 Å². The van der Waals surface area contributed by atoms with E-state index in [1.54, 1.807) is 13.2 Å². The molecule has 2 aromatic carbocycles. The van der Waals surface area contributed by atoms with Crippen LogP contribution in [-0.2, 0) is 0 Å². The topological polar surface area (TPSA) is 55.0 Å². The van der Waals surface area contributed by atoms with Crippen LogP contribution < -0.4 is 10.3 Å². The first-order valence-electron chi connectivity index (χ1n) is 6.67. The molecular formula is C17H13BrN2O2. The predicted molar refractivity (Wildman–Crippen MR) is 92.0 cm³/mol. The second-order valence-electron chi connectivity index (χ2n) is 4.72. The summed E-state index contributed by atoms with van der Waals surface area (Å²) in [6, 6.07) is 13.1. The van der Waals surface area contributed by atoms with E-state index in [2.05, 4.69) is 25.9 Å². The van der Waals surface area contributed by atoms with Crippen LogP contribution in [0.5, 0.6) is 5.75 Å². The molecule has 0 atom stereocenters. The second-order valence-corrected chi connectivity index (χ2v) is 5.63. The lowest BCUT2D eigenvalue weighted by atomic mass is 10.2. The molecule has 0 unspecified atom stereocenters. The minimum atomic E-state index is -0.209. The second kappa shape index (κ2) is 6.15. The Kier molecular flexibility index (Phi) is 4.06. The van der Waals surface area contributed by atoms with Crippen molar-refractivity contribution in [3.8, 4) is 5.75 Å². The van der Waals surface area contributed by atoms with E-state index in [1.807, 2.05) is 48.5 Å². The van der Waals surface area contributed by atoms with Crippen LogP contribution in [0.3, 0.4) is 0 Å². The number of halogens is 1. The third-order valence-corrected chi connectivity index (χ3v) is 3.72. The van der Waals surface area contributed by atoms with E-state index in [0.717, 1.165) is 26.8 Å². The summed E-state index contributed by atoms with van der Waals surface area (Å²) in [5.41, 5.74) is 2.59. The molecule has 0 aliphatic rings. The van der Waals surface area contributed by atoms with Gasteiger partial charge in [0, 0.05) is 4.47 Å². The highest BCUT2D eigenvalue weighted by atomic mass is 79.9. The fourth-order valence-electron chi connectivity index (χ4n) is 2.07. The molecule has 1 N–H and O–H groups in total. The Morgan fingerprint density at radius 2 is 1.91 bits per heavy atom. The molecule has 0 aliphatic carbocycles. The van der Waals surface area contributed by atoms with E-state index in [9.17, 15) is 4.79 Å². The summed E-state index contributed by atoms with van der Waals surface area (Å²) in [5, 5.41) is 0. The Morgan fingerprint density at radius 3 is 2.64 bits per heavy atom. The van der Waals surface area contributed by atoms with Crippen molar-refractivity contribution in [2.45, 2.75) is 0 Å². The number of ether oxygens (including phenoxy) is 1. The number of hydrogen-bond acceptors (Lipinski definition) is 3. The number of benzene rings is 2. The van der Waals surface area contributed by atoms with Gasteiger partial charge in [-0.3, -0.25) is 4.79 Å². The van der Waals surface area contributed by atoms with Crippen LogP contribution >= 0.6 is 15.9 Å². The van der Waals surface area contributed by atoms with Crippen LogP contribution in [0.4, 0.5) is 0 Å². The van der Waals surface area contributed by atoms with Crippen LogP contribution in [0.2, 0.25) is 0 Å². The monoisotopic (exact) mass is 356 g/mol. The van der Waals surface area contributed by atoms with Gasteiger partial charge in [-0.1, -0.05) is 34.1 Å². The number of H-pyrrole nitrogens is 1. The predicted octanol–water partition coefficient (Wildman–Crippen LogP) is 3.86. The number of fused-ring (bicyclic) bond motifs is 1. The minimum absolute atomic E-state index is 0.209. The number of aromatic amines is 1. The molecule has 0 spiro atoms. The van der Waals surface area contributed by atoms with Gasteiger partial charge >= 0.3 is 0 Å². The van der Waals surface area contributed by atoms with Crippen LogP contribution in [0.25, 0.3) is 23.2 Å². The Hall–Kier alpha value is -2.40. The third-order valence-electron chi connectivity index (χ3n) is 3.23. The van der Waals surface area contributed by atoms with Crippen molar-refractivity contribution in [2.75, 3.05) is 7.11 Å². The van der Waals surface area contributed by atoms with Gasteiger partial charge in [0.2, 0.25) is 0 Å². The van der Waals surface area contributed by atoms with E-state index < -0.39 is 0 Å². The van der Waals surface area contributed by atoms with Gasteiger partial charge in [-0.25, -0.2) is 4.98 Å². The summed E-state index contributed by atoms with van der Waals surface area (Å²) < 4.78 is 6.04. The Bertz CT molecular complexity index is 899. The summed E-state index contributed by atoms with van der Waals surface area (Å²) in [6.45, 7) is 0. The van der Waals surface area contributed by atoms with Crippen LogP contribution in [0.15, 0.2) is 51.7 Å². The van der Waals surface area contributed by atoms with Crippen molar-refractivity contribution in [2.24, 2.45) is 0 Å². The van der Waals surface area contributed by atoms with E-state index >= 15 is 0 Å². The van der Waals surface area contributed by atoms with E-state index in [1.165, 1.54) is 0 Å². The highest BCUT2D eigenvalue weighted by Crippen LogP contribution is 2.16. The van der Waals surface area contributed by atoms with Crippen LogP contribution in [0.1, 0.15) is 11.3 Å². The largest absolute Gasteiger partial charge is 0.497 e. The Labute approximate surface area is 135 Å². The van der Waals surface area contributed by atoms with Gasteiger partial charge < -0.3 is 9.72 Å². The molecule has 1 heterocycles. The average Bonchev–Trinajstić information content (AvgIpc) is 2.54. The molecule has 0 saturated carbocycles. The van der Waals surface area contributed by atoms with Crippen LogP contribution in [-0.4, -0.2) is 17.1 Å². The lowest BCUT2D eigenvalue weighted by molar-refractivity contribution is 0.415. The fourth-order valence-corrected chi connectivity index (χ4v) is 2.42.